The predicted octanol–water partition coefficient (Wildman–Crippen LogP) is 1.86. The summed E-state index contributed by atoms with van der Waals surface area (Å²) in [5.74, 6) is -2.76. The van der Waals surface area contributed by atoms with Gasteiger partial charge in [-0.25, -0.2) is 4.98 Å². The summed E-state index contributed by atoms with van der Waals surface area (Å²) in [6.45, 7) is 0. The van der Waals surface area contributed by atoms with E-state index in [2.05, 4.69) is 4.98 Å². The average Bonchev–Trinajstić information content (AvgIpc) is 2.70. The molecular weight excluding hydrogens is 238 g/mol. The lowest BCUT2D eigenvalue weighted by Gasteiger charge is -2.06. The number of carboxylic acid groups (broad SMARTS) is 2. The average molecular weight is 249 g/mol. The molecule has 0 fully saturated rings. The molecule has 6 nitrogen and oxygen atoms in total. The number of carbonyl (C=O) groups is 2. The van der Waals surface area contributed by atoms with Gasteiger partial charge in [0.15, 0.2) is 11.5 Å². The third kappa shape index (κ3) is 2.65. The molecule has 0 atom stereocenters. The van der Waals surface area contributed by atoms with Crippen molar-refractivity contribution < 1.29 is 24.2 Å². The Kier molecular flexibility index (Phi) is 3.27. The second-order valence-electron chi connectivity index (χ2n) is 3.91. The first kappa shape index (κ1) is 12.1. The van der Waals surface area contributed by atoms with Gasteiger partial charge in [0.2, 0.25) is 0 Å². The SMILES string of the molecule is O=C(O)CC(CC(=O)O)c1nc2ccccc2o1. The topological polar surface area (TPSA) is 101 Å². The van der Waals surface area contributed by atoms with Crippen LogP contribution in [0.1, 0.15) is 24.7 Å². The number of carboxylic acids is 2. The predicted molar refractivity (Wildman–Crippen MR) is 61.3 cm³/mol. The van der Waals surface area contributed by atoms with Crippen LogP contribution in [0, 0.1) is 0 Å². The third-order valence-corrected chi connectivity index (χ3v) is 2.50. The molecule has 0 radical (unpaired) electrons. The molecule has 0 amide bonds. The van der Waals surface area contributed by atoms with Gasteiger partial charge in [-0.05, 0) is 12.1 Å². The van der Waals surface area contributed by atoms with E-state index in [1.165, 1.54) is 0 Å². The van der Waals surface area contributed by atoms with E-state index in [4.69, 9.17) is 14.6 Å². The highest BCUT2D eigenvalue weighted by atomic mass is 16.4. The van der Waals surface area contributed by atoms with Crippen molar-refractivity contribution in [2.75, 3.05) is 0 Å². The van der Waals surface area contributed by atoms with E-state index >= 15 is 0 Å². The summed E-state index contributed by atoms with van der Waals surface area (Å²) in [6.07, 6.45) is -0.641. The quantitative estimate of drug-likeness (QED) is 0.838. The summed E-state index contributed by atoms with van der Waals surface area (Å²) in [6, 6.07) is 6.96. The molecule has 0 saturated heterocycles. The standard InChI is InChI=1S/C12H11NO5/c14-10(15)5-7(6-11(16)17)12-13-8-3-1-2-4-9(8)18-12/h1-4,7H,5-6H2,(H,14,15)(H,16,17). The Morgan fingerprint density at radius 1 is 1.17 bits per heavy atom. The van der Waals surface area contributed by atoms with Crippen molar-refractivity contribution in [1.82, 2.24) is 4.98 Å². The molecule has 0 unspecified atom stereocenters. The first-order valence-electron chi connectivity index (χ1n) is 5.35. The highest BCUT2D eigenvalue weighted by molar-refractivity contribution is 5.74. The number of aliphatic carboxylic acids is 2. The molecule has 0 aliphatic heterocycles. The van der Waals surface area contributed by atoms with E-state index < -0.39 is 17.9 Å². The maximum absolute atomic E-state index is 10.7. The van der Waals surface area contributed by atoms with Crippen LogP contribution in [0.4, 0.5) is 0 Å². The maximum atomic E-state index is 10.7. The molecule has 18 heavy (non-hydrogen) atoms. The van der Waals surface area contributed by atoms with Gasteiger partial charge in [-0.1, -0.05) is 12.1 Å². The summed E-state index contributed by atoms with van der Waals surface area (Å²) < 4.78 is 5.39. The molecule has 0 bridgehead atoms. The van der Waals surface area contributed by atoms with Gasteiger partial charge in [0.25, 0.3) is 0 Å². The smallest absolute Gasteiger partial charge is 0.304 e. The molecule has 0 spiro atoms. The lowest BCUT2D eigenvalue weighted by atomic mass is 10.0. The monoisotopic (exact) mass is 249 g/mol. The van der Waals surface area contributed by atoms with Crippen LogP contribution in [-0.4, -0.2) is 27.1 Å². The number of hydrogen-bond acceptors (Lipinski definition) is 4. The van der Waals surface area contributed by atoms with Crippen molar-refractivity contribution in [3.63, 3.8) is 0 Å². The maximum Gasteiger partial charge on any atom is 0.304 e. The minimum Gasteiger partial charge on any atom is -0.481 e. The van der Waals surface area contributed by atoms with E-state index in [1.54, 1.807) is 24.3 Å². The first-order chi connectivity index (χ1) is 8.56. The molecule has 0 aliphatic carbocycles. The molecule has 0 aliphatic rings. The molecule has 2 aromatic rings. The summed E-state index contributed by atoms with van der Waals surface area (Å²) in [5, 5.41) is 17.5. The van der Waals surface area contributed by atoms with Crippen LogP contribution in [0.15, 0.2) is 28.7 Å². The van der Waals surface area contributed by atoms with Gasteiger partial charge in [-0.2, -0.15) is 0 Å². The molecule has 2 rings (SSSR count). The minimum absolute atomic E-state index is 0.154. The zero-order valence-corrected chi connectivity index (χ0v) is 9.37. The molecule has 1 aromatic heterocycles. The Hall–Kier alpha value is -2.37. The minimum atomic E-state index is -1.08. The van der Waals surface area contributed by atoms with Crippen LogP contribution in [0.5, 0.6) is 0 Å². The van der Waals surface area contributed by atoms with Crippen LogP contribution in [0.25, 0.3) is 11.1 Å². The van der Waals surface area contributed by atoms with E-state index in [0.717, 1.165) is 0 Å². The number of hydrogen-bond donors (Lipinski definition) is 2. The Morgan fingerprint density at radius 2 is 1.78 bits per heavy atom. The Bertz CT molecular complexity index is 540. The van der Waals surface area contributed by atoms with Gasteiger partial charge in [-0.15, -0.1) is 0 Å². The second kappa shape index (κ2) is 4.87. The van der Waals surface area contributed by atoms with Gasteiger partial charge < -0.3 is 14.6 Å². The Balaban J connectivity index is 2.33. The summed E-state index contributed by atoms with van der Waals surface area (Å²) in [7, 11) is 0. The van der Waals surface area contributed by atoms with Crippen molar-refractivity contribution in [3.05, 3.63) is 30.2 Å². The molecule has 94 valence electrons. The van der Waals surface area contributed by atoms with Gasteiger partial charge in [-0.3, -0.25) is 9.59 Å². The highest BCUT2D eigenvalue weighted by Crippen LogP contribution is 2.26. The fourth-order valence-electron chi connectivity index (χ4n) is 1.73. The lowest BCUT2D eigenvalue weighted by Crippen LogP contribution is -2.11. The number of aromatic nitrogens is 1. The fraction of sp³-hybridized carbons (Fsp3) is 0.250. The third-order valence-electron chi connectivity index (χ3n) is 2.50. The van der Waals surface area contributed by atoms with Gasteiger partial charge >= 0.3 is 11.9 Å². The second-order valence-corrected chi connectivity index (χ2v) is 3.91. The summed E-state index contributed by atoms with van der Waals surface area (Å²) >= 11 is 0. The van der Waals surface area contributed by atoms with Crippen molar-refractivity contribution >= 4 is 23.0 Å². The largest absolute Gasteiger partial charge is 0.481 e. The zero-order valence-electron chi connectivity index (χ0n) is 9.37. The molecule has 6 heteroatoms. The van der Waals surface area contributed by atoms with Crippen molar-refractivity contribution in [3.8, 4) is 0 Å². The number of nitrogens with zero attached hydrogens (tertiary/aromatic N) is 1. The number of para-hydroxylation sites is 2. The van der Waals surface area contributed by atoms with Crippen LogP contribution < -0.4 is 0 Å². The van der Waals surface area contributed by atoms with Crippen molar-refractivity contribution in [2.24, 2.45) is 0 Å². The molecule has 0 saturated carbocycles. The molecule has 1 heterocycles. The Morgan fingerprint density at radius 3 is 2.33 bits per heavy atom. The summed E-state index contributed by atoms with van der Waals surface area (Å²) in [4.78, 5) is 25.6. The molecule has 2 N–H and O–H groups in total. The van der Waals surface area contributed by atoms with Gasteiger partial charge in [0.1, 0.15) is 5.52 Å². The molecular formula is C12H11NO5. The summed E-state index contributed by atoms with van der Waals surface area (Å²) in [5.41, 5.74) is 1.11. The lowest BCUT2D eigenvalue weighted by molar-refractivity contribution is -0.139. The molecule has 1 aromatic carbocycles. The van der Waals surface area contributed by atoms with E-state index in [-0.39, 0.29) is 18.7 Å². The number of fused-ring (bicyclic) bond motifs is 1. The normalized spacial score (nSPS) is 10.9. The van der Waals surface area contributed by atoms with Crippen LogP contribution in [0.3, 0.4) is 0 Å². The van der Waals surface area contributed by atoms with E-state index in [0.29, 0.717) is 11.1 Å². The van der Waals surface area contributed by atoms with Gasteiger partial charge in [0, 0.05) is 0 Å². The van der Waals surface area contributed by atoms with Crippen LogP contribution in [-0.2, 0) is 9.59 Å². The van der Waals surface area contributed by atoms with Crippen LogP contribution in [0.2, 0.25) is 0 Å². The number of oxazole rings is 1. The van der Waals surface area contributed by atoms with E-state index in [1.807, 2.05) is 0 Å². The number of benzene rings is 1. The highest BCUT2D eigenvalue weighted by Gasteiger charge is 2.24. The van der Waals surface area contributed by atoms with Crippen molar-refractivity contribution in [2.45, 2.75) is 18.8 Å². The zero-order chi connectivity index (χ0) is 13.1. The van der Waals surface area contributed by atoms with E-state index in [9.17, 15) is 9.59 Å². The van der Waals surface area contributed by atoms with Crippen molar-refractivity contribution in [1.29, 1.82) is 0 Å². The fourth-order valence-corrected chi connectivity index (χ4v) is 1.73. The first-order valence-corrected chi connectivity index (χ1v) is 5.35. The Labute approximate surface area is 102 Å². The van der Waals surface area contributed by atoms with Crippen LogP contribution >= 0.6 is 0 Å². The van der Waals surface area contributed by atoms with Gasteiger partial charge in [0.05, 0.1) is 18.8 Å². The number of rotatable bonds is 5.